The van der Waals surface area contributed by atoms with Gasteiger partial charge in [0.05, 0.1) is 17.7 Å². The minimum absolute atomic E-state index is 0.137. The molecule has 0 aliphatic heterocycles. The van der Waals surface area contributed by atoms with Crippen LogP contribution < -0.4 is 0 Å². The van der Waals surface area contributed by atoms with Crippen LogP contribution in [0, 0.1) is 0 Å². The molecule has 0 fully saturated rings. The van der Waals surface area contributed by atoms with E-state index < -0.39 is 11.9 Å². The minimum atomic E-state index is -1.04. The van der Waals surface area contributed by atoms with Crippen molar-refractivity contribution in [1.29, 1.82) is 0 Å². The van der Waals surface area contributed by atoms with Gasteiger partial charge in [0, 0.05) is 10.9 Å². The molecular weight excluding hydrogens is 282 g/mol. The highest BCUT2D eigenvalue weighted by atomic mass is 16.4. The third kappa shape index (κ3) is 2.44. The molecule has 0 saturated carbocycles. The summed E-state index contributed by atoms with van der Waals surface area (Å²) in [5.41, 5.74) is 3.03. The number of carboxylic acids is 2. The van der Waals surface area contributed by atoms with Crippen LogP contribution >= 0.6 is 0 Å². The number of benzene rings is 2. The largest absolute Gasteiger partial charge is 0.481 e. The van der Waals surface area contributed by atoms with Gasteiger partial charge in [-0.25, -0.2) is 4.79 Å². The number of H-pyrrole nitrogens is 1. The van der Waals surface area contributed by atoms with Crippen molar-refractivity contribution in [2.75, 3.05) is 0 Å². The number of aromatic amines is 1. The molecule has 0 spiro atoms. The van der Waals surface area contributed by atoms with Crippen molar-refractivity contribution >= 4 is 22.8 Å². The molecule has 5 heteroatoms. The van der Waals surface area contributed by atoms with E-state index in [0.717, 1.165) is 11.1 Å². The fraction of sp³-hybridized carbons (Fsp3) is 0.0588. The van der Waals surface area contributed by atoms with Gasteiger partial charge in [-0.05, 0) is 29.3 Å². The predicted octanol–water partition coefficient (Wildman–Crippen LogP) is 3.16. The molecule has 0 aliphatic rings. The summed E-state index contributed by atoms with van der Waals surface area (Å²) in [5.74, 6) is -2.00. The highest BCUT2D eigenvalue weighted by Gasteiger charge is 2.17. The number of carboxylic acid groups (broad SMARTS) is 2. The Bertz CT molecular complexity index is 865. The first-order chi connectivity index (χ1) is 10.6. The summed E-state index contributed by atoms with van der Waals surface area (Å²) < 4.78 is 0. The zero-order chi connectivity index (χ0) is 15.7. The molecule has 22 heavy (non-hydrogen) atoms. The second-order valence-electron chi connectivity index (χ2n) is 4.98. The van der Waals surface area contributed by atoms with E-state index in [1.807, 2.05) is 30.3 Å². The lowest BCUT2D eigenvalue weighted by Crippen LogP contribution is -2.01. The van der Waals surface area contributed by atoms with Crippen molar-refractivity contribution < 1.29 is 19.8 Å². The van der Waals surface area contributed by atoms with Crippen LogP contribution in [-0.4, -0.2) is 27.1 Å². The van der Waals surface area contributed by atoms with Gasteiger partial charge in [-0.2, -0.15) is 0 Å². The summed E-state index contributed by atoms with van der Waals surface area (Å²) >= 11 is 0. The zero-order valence-electron chi connectivity index (χ0n) is 11.5. The Labute approximate surface area is 125 Å². The van der Waals surface area contributed by atoms with E-state index >= 15 is 0 Å². The Balaban J connectivity index is 2.27. The summed E-state index contributed by atoms with van der Waals surface area (Å²) in [6.07, 6.45) is -0.173. The van der Waals surface area contributed by atoms with E-state index in [4.69, 9.17) is 10.2 Å². The van der Waals surface area contributed by atoms with Crippen LogP contribution in [0.1, 0.15) is 15.9 Å². The molecule has 0 atom stereocenters. The summed E-state index contributed by atoms with van der Waals surface area (Å²) in [4.78, 5) is 25.5. The number of carbonyl (C=O) groups is 2. The van der Waals surface area contributed by atoms with Crippen LogP contribution in [0.2, 0.25) is 0 Å². The molecule has 2 aromatic carbocycles. The average molecular weight is 295 g/mol. The van der Waals surface area contributed by atoms with Crippen molar-refractivity contribution in [3.05, 3.63) is 59.7 Å². The number of nitrogens with one attached hydrogen (secondary N) is 1. The monoisotopic (exact) mass is 295 g/mol. The first-order valence-corrected chi connectivity index (χ1v) is 6.71. The van der Waals surface area contributed by atoms with Crippen molar-refractivity contribution in [3.8, 4) is 11.3 Å². The Morgan fingerprint density at radius 1 is 1.00 bits per heavy atom. The maximum Gasteiger partial charge on any atom is 0.335 e. The van der Waals surface area contributed by atoms with Crippen molar-refractivity contribution in [3.63, 3.8) is 0 Å². The number of hydrogen-bond acceptors (Lipinski definition) is 2. The fourth-order valence-corrected chi connectivity index (χ4v) is 2.57. The number of aliphatic carboxylic acids is 1. The van der Waals surface area contributed by atoms with Crippen molar-refractivity contribution in [2.45, 2.75) is 6.42 Å². The number of hydrogen-bond donors (Lipinski definition) is 3. The van der Waals surface area contributed by atoms with Crippen LogP contribution in [0.3, 0.4) is 0 Å². The van der Waals surface area contributed by atoms with Gasteiger partial charge in [0.2, 0.25) is 0 Å². The Hall–Kier alpha value is -3.08. The molecule has 3 rings (SSSR count). The molecular formula is C17H13NO4. The smallest absolute Gasteiger partial charge is 0.335 e. The predicted molar refractivity (Wildman–Crippen MR) is 82.0 cm³/mol. The minimum Gasteiger partial charge on any atom is -0.481 e. The zero-order valence-corrected chi connectivity index (χ0v) is 11.5. The van der Waals surface area contributed by atoms with E-state index in [1.165, 1.54) is 12.1 Å². The number of rotatable bonds is 4. The first kappa shape index (κ1) is 13.9. The van der Waals surface area contributed by atoms with Crippen molar-refractivity contribution in [2.24, 2.45) is 0 Å². The molecule has 0 bridgehead atoms. The molecule has 3 N–H and O–H groups in total. The summed E-state index contributed by atoms with van der Waals surface area (Å²) in [5, 5.41) is 18.9. The molecule has 1 aromatic heterocycles. The first-order valence-electron chi connectivity index (χ1n) is 6.71. The van der Waals surface area contributed by atoms with Gasteiger partial charge >= 0.3 is 11.9 Å². The maximum atomic E-state index is 11.2. The van der Waals surface area contributed by atoms with Crippen LogP contribution in [0.25, 0.3) is 22.2 Å². The fourth-order valence-electron chi connectivity index (χ4n) is 2.57. The Kier molecular flexibility index (Phi) is 3.39. The maximum absolute atomic E-state index is 11.2. The number of aromatic nitrogens is 1. The summed E-state index contributed by atoms with van der Waals surface area (Å²) in [6.45, 7) is 0. The summed E-state index contributed by atoms with van der Waals surface area (Å²) in [7, 11) is 0. The standard InChI is InChI=1S/C17H13NO4/c19-15(20)9-13-12-8-11(17(21)22)6-7-14(12)18-16(13)10-4-2-1-3-5-10/h1-8,18H,9H2,(H,19,20)(H,21,22). The molecule has 0 radical (unpaired) electrons. The van der Waals surface area contributed by atoms with Crippen LogP contribution in [-0.2, 0) is 11.2 Å². The number of aromatic carboxylic acids is 1. The molecule has 0 amide bonds. The highest BCUT2D eigenvalue weighted by molar-refractivity contribution is 5.99. The molecule has 110 valence electrons. The van der Waals surface area contributed by atoms with Gasteiger partial charge in [-0.1, -0.05) is 30.3 Å². The third-order valence-electron chi connectivity index (χ3n) is 3.54. The molecule has 0 aliphatic carbocycles. The second kappa shape index (κ2) is 5.37. The van der Waals surface area contributed by atoms with Gasteiger partial charge in [0.15, 0.2) is 0 Å². The normalized spacial score (nSPS) is 10.7. The van der Waals surface area contributed by atoms with E-state index in [-0.39, 0.29) is 12.0 Å². The highest BCUT2D eigenvalue weighted by Crippen LogP contribution is 2.31. The lowest BCUT2D eigenvalue weighted by Gasteiger charge is -2.03. The van der Waals surface area contributed by atoms with Gasteiger partial charge in [0.1, 0.15) is 0 Å². The summed E-state index contributed by atoms with van der Waals surface area (Å²) in [6, 6.07) is 14.1. The molecule has 0 saturated heterocycles. The molecule has 5 nitrogen and oxygen atoms in total. The molecule has 1 heterocycles. The second-order valence-corrected chi connectivity index (χ2v) is 4.98. The van der Waals surface area contributed by atoms with E-state index in [9.17, 15) is 9.59 Å². The van der Waals surface area contributed by atoms with Crippen LogP contribution in [0.4, 0.5) is 0 Å². The van der Waals surface area contributed by atoms with E-state index in [1.54, 1.807) is 6.07 Å². The Morgan fingerprint density at radius 3 is 2.36 bits per heavy atom. The van der Waals surface area contributed by atoms with Gasteiger partial charge in [-0.15, -0.1) is 0 Å². The topological polar surface area (TPSA) is 90.4 Å². The lowest BCUT2D eigenvalue weighted by molar-refractivity contribution is -0.136. The van der Waals surface area contributed by atoms with E-state index in [2.05, 4.69) is 4.98 Å². The van der Waals surface area contributed by atoms with Gasteiger partial charge < -0.3 is 15.2 Å². The lowest BCUT2D eigenvalue weighted by atomic mass is 10.0. The quantitative estimate of drug-likeness (QED) is 0.689. The SMILES string of the molecule is O=C(O)Cc1c(-c2ccccc2)[nH]c2ccc(C(=O)O)cc12. The number of fused-ring (bicyclic) bond motifs is 1. The third-order valence-corrected chi connectivity index (χ3v) is 3.54. The van der Waals surface area contributed by atoms with Crippen molar-refractivity contribution in [1.82, 2.24) is 4.98 Å². The van der Waals surface area contributed by atoms with Crippen LogP contribution in [0.15, 0.2) is 48.5 Å². The van der Waals surface area contributed by atoms with Crippen LogP contribution in [0.5, 0.6) is 0 Å². The molecule has 3 aromatic rings. The van der Waals surface area contributed by atoms with E-state index in [0.29, 0.717) is 16.6 Å². The van der Waals surface area contributed by atoms with Gasteiger partial charge in [-0.3, -0.25) is 4.79 Å². The average Bonchev–Trinajstić information content (AvgIpc) is 2.85. The van der Waals surface area contributed by atoms with Gasteiger partial charge in [0.25, 0.3) is 0 Å². The Morgan fingerprint density at radius 2 is 1.73 bits per heavy atom. The molecule has 0 unspecified atom stereocenters.